The monoisotopic (exact) mass is 253 g/mol. The van der Waals surface area contributed by atoms with Gasteiger partial charge >= 0.3 is 5.97 Å². The predicted molar refractivity (Wildman–Crippen MR) is 66.8 cm³/mol. The number of carboxylic acid groups (broad SMARTS) is 1. The smallest absolute Gasteiger partial charge is 0.320 e. The number of hydrogen-bond donors (Lipinski definition) is 3. The summed E-state index contributed by atoms with van der Waals surface area (Å²) in [5, 5.41) is 25.9. The first kappa shape index (κ1) is 13.1. The van der Waals surface area contributed by atoms with Crippen LogP contribution in [0.1, 0.15) is 25.7 Å². The lowest BCUT2D eigenvalue weighted by Gasteiger charge is -2.05. The number of hydrogen-bond acceptors (Lipinski definition) is 6. The number of rotatable bonds is 2. The van der Waals surface area contributed by atoms with Crippen molar-refractivity contribution in [3.05, 3.63) is 0 Å². The summed E-state index contributed by atoms with van der Waals surface area (Å²) in [5.41, 5.74) is 1.11. The van der Waals surface area contributed by atoms with Crippen LogP contribution < -0.4 is 10.6 Å². The molecule has 100 valence electrons. The molecule has 0 amide bonds. The fourth-order valence-electron chi connectivity index (χ4n) is 2.27. The highest BCUT2D eigenvalue weighted by atomic mass is 16.4. The third-order valence-electron chi connectivity index (χ3n) is 3.29. The molecule has 0 radical (unpaired) electrons. The van der Waals surface area contributed by atoms with E-state index in [1.54, 1.807) is 0 Å². The minimum atomic E-state index is -0.720. The minimum Gasteiger partial charge on any atom is -0.480 e. The highest BCUT2D eigenvalue weighted by molar-refractivity contribution is 5.92. The molecule has 2 atom stereocenters. The molecule has 3 aliphatic rings. The lowest BCUT2D eigenvalue weighted by molar-refractivity contribution is -0.139. The van der Waals surface area contributed by atoms with Gasteiger partial charge in [-0.3, -0.25) is 4.79 Å². The fourth-order valence-corrected chi connectivity index (χ4v) is 2.27. The summed E-state index contributed by atoms with van der Waals surface area (Å²) in [5.74, 6) is -0.720. The Morgan fingerprint density at radius 3 is 2.44 bits per heavy atom. The second kappa shape index (κ2) is 6.55. The highest BCUT2D eigenvalue weighted by Crippen LogP contribution is 2.10. The van der Waals surface area contributed by atoms with Crippen molar-refractivity contribution in [1.82, 2.24) is 10.6 Å². The Bertz CT molecular complexity index is 343. The summed E-state index contributed by atoms with van der Waals surface area (Å²) in [7, 11) is 0. The molecule has 7 heteroatoms. The maximum absolute atomic E-state index is 10.1. The molecule has 0 aromatic rings. The molecule has 3 N–H and O–H groups in total. The van der Waals surface area contributed by atoms with E-state index in [4.69, 9.17) is 5.11 Å². The molecule has 3 heterocycles. The zero-order valence-corrected chi connectivity index (χ0v) is 10.3. The quantitative estimate of drug-likeness (QED) is 0.662. The van der Waals surface area contributed by atoms with E-state index in [1.165, 1.54) is 12.8 Å². The van der Waals surface area contributed by atoms with Gasteiger partial charge in [0.25, 0.3) is 0 Å². The summed E-state index contributed by atoms with van der Waals surface area (Å²) in [6.07, 6.45) is 4.24. The van der Waals surface area contributed by atoms with Gasteiger partial charge in [-0.2, -0.15) is 5.11 Å². The van der Waals surface area contributed by atoms with Crippen LogP contribution >= 0.6 is 0 Å². The maximum Gasteiger partial charge on any atom is 0.320 e. The Morgan fingerprint density at radius 1 is 1.22 bits per heavy atom. The Labute approximate surface area is 106 Å². The van der Waals surface area contributed by atoms with E-state index < -0.39 is 5.97 Å². The third kappa shape index (κ3) is 3.58. The standard InChI is InChI=1S/C6H10N4.C5H9NO2/c1-2-5(7-3-1)6-4-8-10-9-6;7-5(8)4-2-1-3-6-4/h5,7H,1-4H2;4,6H,1-3H2,(H,7,8)/t5-;4-/m00/s1. The van der Waals surface area contributed by atoms with Crippen LogP contribution in [0.25, 0.3) is 0 Å². The Morgan fingerprint density at radius 2 is 2.00 bits per heavy atom. The van der Waals surface area contributed by atoms with Crippen LogP contribution in [-0.2, 0) is 4.79 Å². The van der Waals surface area contributed by atoms with Crippen LogP contribution in [0.4, 0.5) is 0 Å². The van der Waals surface area contributed by atoms with Crippen molar-refractivity contribution in [2.24, 2.45) is 15.4 Å². The Balaban J connectivity index is 0.000000138. The normalized spacial score (nSPS) is 29.9. The third-order valence-corrected chi connectivity index (χ3v) is 3.29. The molecule has 3 aliphatic heterocycles. The van der Waals surface area contributed by atoms with Crippen LogP contribution in [0.15, 0.2) is 15.4 Å². The van der Waals surface area contributed by atoms with Crippen LogP contribution in [0, 0.1) is 0 Å². The average Bonchev–Trinajstić information content (AvgIpc) is 3.14. The minimum absolute atomic E-state index is 0.269. The van der Waals surface area contributed by atoms with Crippen molar-refractivity contribution in [3.8, 4) is 0 Å². The number of aliphatic carboxylic acids is 1. The largest absolute Gasteiger partial charge is 0.480 e. The molecule has 18 heavy (non-hydrogen) atoms. The fraction of sp³-hybridized carbons (Fsp3) is 0.818. The molecule has 2 fully saturated rings. The van der Waals surface area contributed by atoms with Crippen LogP contribution in [-0.4, -0.2) is 48.5 Å². The molecule has 7 nitrogen and oxygen atoms in total. The van der Waals surface area contributed by atoms with E-state index >= 15 is 0 Å². The number of nitrogens with one attached hydrogen (secondary N) is 2. The Kier molecular flexibility index (Phi) is 4.77. The molecule has 0 aromatic carbocycles. The van der Waals surface area contributed by atoms with Crippen molar-refractivity contribution < 1.29 is 9.90 Å². The molecule has 0 spiro atoms. The molecule has 0 saturated carbocycles. The lowest BCUT2D eigenvalue weighted by atomic mass is 10.1. The van der Waals surface area contributed by atoms with E-state index in [2.05, 4.69) is 26.1 Å². The molecule has 0 unspecified atom stereocenters. The second-order valence-electron chi connectivity index (χ2n) is 4.62. The van der Waals surface area contributed by atoms with E-state index in [-0.39, 0.29) is 6.04 Å². The second-order valence-corrected chi connectivity index (χ2v) is 4.62. The van der Waals surface area contributed by atoms with Crippen LogP contribution in [0.3, 0.4) is 0 Å². The van der Waals surface area contributed by atoms with Gasteiger partial charge in [0.15, 0.2) is 0 Å². The zero-order chi connectivity index (χ0) is 12.8. The predicted octanol–water partition coefficient (Wildman–Crippen LogP) is 0.383. The van der Waals surface area contributed by atoms with Gasteiger partial charge in [-0.15, -0.1) is 5.10 Å². The Hall–Kier alpha value is -1.34. The average molecular weight is 253 g/mol. The summed E-state index contributed by atoms with van der Waals surface area (Å²) < 4.78 is 0. The zero-order valence-electron chi connectivity index (χ0n) is 10.3. The number of nitrogens with zero attached hydrogens (tertiary/aromatic N) is 3. The van der Waals surface area contributed by atoms with E-state index in [9.17, 15) is 4.79 Å². The van der Waals surface area contributed by atoms with Gasteiger partial charge in [0, 0.05) is 6.04 Å². The first-order valence-electron chi connectivity index (χ1n) is 6.40. The van der Waals surface area contributed by atoms with Crippen LogP contribution in [0.2, 0.25) is 0 Å². The van der Waals surface area contributed by atoms with Gasteiger partial charge in [0.05, 0.1) is 5.71 Å². The van der Waals surface area contributed by atoms with Gasteiger partial charge in [-0.25, -0.2) is 0 Å². The number of carbonyl (C=O) groups is 1. The first-order chi connectivity index (χ1) is 8.77. The molecular formula is C11H19N5O2. The molecule has 0 bridgehead atoms. The van der Waals surface area contributed by atoms with Gasteiger partial charge in [0.2, 0.25) is 0 Å². The van der Waals surface area contributed by atoms with Gasteiger partial charge in [-0.05, 0) is 44.0 Å². The lowest BCUT2D eigenvalue weighted by Crippen LogP contribution is -2.31. The maximum atomic E-state index is 10.1. The van der Waals surface area contributed by atoms with E-state index in [1.807, 2.05) is 0 Å². The molecule has 0 aliphatic carbocycles. The van der Waals surface area contributed by atoms with Gasteiger partial charge in [-0.1, -0.05) is 0 Å². The van der Waals surface area contributed by atoms with E-state index in [0.29, 0.717) is 12.6 Å². The van der Waals surface area contributed by atoms with Crippen molar-refractivity contribution in [2.45, 2.75) is 37.8 Å². The molecular weight excluding hydrogens is 234 g/mol. The summed E-state index contributed by atoms with van der Waals surface area (Å²) in [4.78, 5) is 10.1. The van der Waals surface area contributed by atoms with Crippen molar-refractivity contribution in [2.75, 3.05) is 19.6 Å². The first-order valence-corrected chi connectivity index (χ1v) is 6.40. The highest BCUT2D eigenvalue weighted by Gasteiger charge is 2.21. The van der Waals surface area contributed by atoms with Gasteiger partial charge in [0.1, 0.15) is 12.6 Å². The topological polar surface area (TPSA) is 98.4 Å². The van der Waals surface area contributed by atoms with Gasteiger partial charge < -0.3 is 15.7 Å². The van der Waals surface area contributed by atoms with Crippen molar-refractivity contribution in [3.63, 3.8) is 0 Å². The van der Waals surface area contributed by atoms with E-state index in [0.717, 1.165) is 31.6 Å². The van der Waals surface area contributed by atoms with Crippen LogP contribution in [0.5, 0.6) is 0 Å². The summed E-state index contributed by atoms with van der Waals surface area (Å²) in [6, 6.07) is 0.199. The van der Waals surface area contributed by atoms with Crippen molar-refractivity contribution >= 4 is 11.7 Å². The number of carboxylic acids is 1. The summed E-state index contributed by atoms with van der Waals surface area (Å²) in [6.45, 7) is 2.68. The molecule has 2 saturated heterocycles. The SMILES string of the molecule is C1CN[C@H](C2=NN=NC2)C1.O=C(O)[C@@H]1CCCN1. The summed E-state index contributed by atoms with van der Waals surface area (Å²) >= 11 is 0. The molecule has 3 rings (SSSR count). The van der Waals surface area contributed by atoms with Crippen molar-refractivity contribution in [1.29, 1.82) is 0 Å². The molecule has 0 aromatic heterocycles.